The Morgan fingerprint density at radius 2 is 1.12 bits per heavy atom. The molecule has 0 rings (SSSR count). The molecular formula is C2H2EuO4Y. The molecule has 0 fully saturated rings. The minimum Gasteiger partial charge on any atom is -0.473 e. The molecule has 0 heterocycles. The molecule has 2 radical (unpaired) electrons. The fraction of sp³-hybridized carbons (Fsp3) is 0. The Kier molecular flexibility index (Phi) is 17.6. The van der Waals surface area contributed by atoms with Crippen molar-refractivity contribution in [3.05, 3.63) is 0 Å². The van der Waals surface area contributed by atoms with E-state index in [2.05, 4.69) is 0 Å². The third-order valence-electron chi connectivity index (χ3n) is 0.183. The van der Waals surface area contributed by atoms with Crippen molar-refractivity contribution in [1.82, 2.24) is 0 Å². The van der Waals surface area contributed by atoms with Gasteiger partial charge in [0.05, 0.1) is 0 Å². The molecule has 4 nitrogen and oxygen atoms in total. The Hall–Kier alpha value is 1.63. The Morgan fingerprint density at radius 1 is 1.00 bits per heavy atom. The SMILES string of the molecule is O=C(O)C(=O)O.[Eu].[Y]. The number of hydrogen-bond donors (Lipinski definition) is 2. The summed E-state index contributed by atoms with van der Waals surface area (Å²) in [6, 6.07) is 0. The molecule has 0 spiro atoms. The Balaban J connectivity index is -0.000000125. The zero-order valence-electron chi connectivity index (χ0n) is 3.67. The van der Waals surface area contributed by atoms with Gasteiger partial charge in [0.15, 0.2) is 0 Å². The largest absolute Gasteiger partial charge is 0.473 e. The summed E-state index contributed by atoms with van der Waals surface area (Å²) in [4.78, 5) is 18.2. The predicted octanol–water partition coefficient (Wildman–Crippen LogP) is -0.847. The average Bonchev–Trinajstić information content (AvgIpc) is 1.36. The van der Waals surface area contributed by atoms with Gasteiger partial charge in [-0.2, -0.15) is 0 Å². The monoisotopic (exact) mass is 332 g/mol. The van der Waals surface area contributed by atoms with E-state index in [1.165, 1.54) is 0 Å². The van der Waals surface area contributed by atoms with E-state index in [9.17, 15) is 0 Å². The molecule has 0 saturated heterocycles. The minimum absolute atomic E-state index is 0. The van der Waals surface area contributed by atoms with Crippen molar-refractivity contribution in [2.45, 2.75) is 0 Å². The maximum atomic E-state index is 9.10. The van der Waals surface area contributed by atoms with Gasteiger partial charge in [0.25, 0.3) is 0 Å². The van der Waals surface area contributed by atoms with Crippen LogP contribution in [0.25, 0.3) is 0 Å². The number of carboxylic acids is 2. The Labute approximate surface area is 111 Å². The third kappa shape index (κ3) is 10.6. The summed E-state index contributed by atoms with van der Waals surface area (Å²) in [5, 5.41) is 14.8. The molecule has 0 aliphatic heterocycles. The standard InChI is InChI=1S/C2H2O4.Eu.Y/c3-1(4)2(5)6;;/h(H,3,4)(H,5,6);;. The first-order chi connectivity index (χ1) is 2.64. The first kappa shape index (κ1) is 16.3. The number of aliphatic carboxylic acids is 2. The maximum absolute atomic E-state index is 9.10. The van der Waals surface area contributed by atoms with Crippen molar-refractivity contribution in [1.29, 1.82) is 0 Å². The third-order valence-corrected chi connectivity index (χ3v) is 0.183. The maximum Gasteiger partial charge on any atom is 0.414 e. The summed E-state index contributed by atoms with van der Waals surface area (Å²) in [7, 11) is 0. The van der Waals surface area contributed by atoms with Crippen LogP contribution >= 0.6 is 0 Å². The van der Waals surface area contributed by atoms with E-state index >= 15 is 0 Å². The second-order valence-corrected chi connectivity index (χ2v) is 0.610. The van der Waals surface area contributed by atoms with Crippen LogP contribution < -0.4 is 0 Å². The van der Waals surface area contributed by atoms with E-state index in [-0.39, 0.29) is 82.1 Å². The van der Waals surface area contributed by atoms with Crippen LogP contribution in [0.15, 0.2) is 0 Å². The van der Waals surface area contributed by atoms with E-state index in [1.54, 1.807) is 0 Å². The second-order valence-electron chi connectivity index (χ2n) is 0.610. The quantitative estimate of drug-likeness (QED) is 0.568. The fourth-order valence-corrected chi connectivity index (χ4v) is 0. The van der Waals surface area contributed by atoms with E-state index in [0.717, 1.165) is 0 Å². The molecule has 0 aromatic carbocycles. The molecule has 0 aromatic heterocycles. The van der Waals surface area contributed by atoms with Gasteiger partial charge in [-0.15, -0.1) is 0 Å². The van der Waals surface area contributed by atoms with Crippen molar-refractivity contribution in [3.63, 3.8) is 0 Å². The summed E-state index contributed by atoms with van der Waals surface area (Å²) in [5.41, 5.74) is 0. The van der Waals surface area contributed by atoms with Crippen molar-refractivity contribution in [2.75, 3.05) is 0 Å². The second kappa shape index (κ2) is 8.63. The first-order valence-corrected chi connectivity index (χ1v) is 1.11. The molecule has 0 saturated carbocycles. The van der Waals surface area contributed by atoms with E-state index < -0.39 is 11.9 Å². The van der Waals surface area contributed by atoms with Gasteiger partial charge in [-0.1, -0.05) is 0 Å². The van der Waals surface area contributed by atoms with Crippen LogP contribution in [0.4, 0.5) is 0 Å². The predicted molar refractivity (Wildman–Crippen MR) is 15.3 cm³/mol. The summed E-state index contributed by atoms with van der Waals surface area (Å²) < 4.78 is 0. The van der Waals surface area contributed by atoms with Crippen LogP contribution in [0, 0.1) is 49.4 Å². The Bertz CT molecular complexity index is 80.0. The molecule has 44 valence electrons. The van der Waals surface area contributed by atoms with Gasteiger partial charge in [0, 0.05) is 82.1 Å². The molecule has 0 amide bonds. The number of carbonyl (C=O) groups is 2. The van der Waals surface area contributed by atoms with Gasteiger partial charge < -0.3 is 10.2 Å². The molecule has 0 aliphatic rings. The van der Waals surface area contributed by atoms with Gasteiger partial charge in [-0.25, -0.2) is 9.59 Å². The van der Waals surface area contributed by atoms with E-state index in [1.807, 2.05) is 0 Å². The van der Waals surface area contributed by atoms with Gasteiger partial charge in [-0.05, 0) is 0 Å². The summed E-state index contributed by atoms with van der Waals surface area (Å²) in [5.74, 6) is -3.65. The van der Waals surface area contributed by atoms with Crippen molar-refractivity contribution >= 4 is 11.9 Å². The minimum atomic E-state index is -1.82. The summed E-state index contributed by atoms with van der Waals surface area (Å²) >= 11 is 0. The summed E-state index contributed by atoms with van der Waals surface area (Å²) in [6.07, 6.45) is 0. The fourth-order valence-electron chi connectivity index (χ4n) is 0. The van der Waals surface area contributed by atoms with Gasteiger partial charge in [-0.3, -0.25) is 0 Å². The van der Waals surface area contributed by atoms with Crippen molar-refractivity contribution in [2.24, 2.45) is 0 Å². The van der Waals surface area contributed by atoms with Crippen LogP contribution in [0.3, 0.4) is 0 Å². The van der Waals surface area contributed by atoms with E-state index in [0.29, 0.717) is 0 Å². The zero-order chi connectivity index (χ0) is 5.15. The normalized spacial score (nSPS) is 5.50. The van der Waals surface area contributed by atoms with Crippen LogP contribution in [-0.2, 0) is 42.3 Å². The number of carboxylic acid groups (broad SMARTS) is 2. The van der Waals surface area contributed by atoms with Crippen LogP contribution in [0.5, 0.6) is 0 Å². The van der Waals surface area contributed by atoms with Crippen molar-refractivity contribution < 1.29 is 102 Å². The molecule has 8 heavy (non-hydrogen) atoms. The average molecular weight is 331 g/mol. The Morgan fingerprint density at radius 3 is 1.12 bits per heavy atom. The molecular weight excluding hydrogens is 329 g/mol. The first-order valence-electron chi connectivity index (χ1n) is 1.11. The molecule has 2 N–H and O–H groups in total. The van der Waals surface area contributed by atoms with Crippen LogP contribution in [0.1, 0.15) is 0 Å². The summed E-state index contributed by atoms with van der Waals surface area (Å²) in [6.45, 7) is 0. The van der Waals surface area contributed by atoms with E-state index in [4.69, 9.17) is 19.8 Å². The number of rotatable bonds is 0. The molecule has 0 aliphatic carbocycles. The zero-order valence-corrected chi connectivity index (χ0v) is 8.93. The van der Waals surface area contributed by atoms with Gasteiger partial charge in [0.2, 0.25) is 0 Å². The van der Waals surface area contributed by atoms with Crippen LogP contribution in [0.2, 0.25) is 0 Å². The molecule has 6 heteroatoms. The molecule has 0 aromatic rings. The van der Waals surface area contributed by atoms with Crippen molar-refractivity contribution in [3.8, 4) is 0 Å². The van der Waals surface area contributed by atoms with Gasteiger partial charge >= 0.3 is 11.9 Å². The smallest absolute Gasteiger partial charge is 0.414 e. The topological polar surface area (TPSA) is 74.6 Å². The van der Waals surface area contributed by atoms with Gasteiger partial charge in [0.1, 0.15) is 0 Å². The number of hydrogen-bond acceptors (Lipinski definition) is 2. The van der Waals surface area contributed by atoms with Crippen LogP contribution in [-0.4, -0.2) is 22.2 Å². The molecule has 0 atom stereocenters. The molecule has 0 bridgehead atoms. The molecule has 0 unspecified atom stereocenters.